The molecular formula is C13H27N3O. The first kappa shape index (κ1) is 14.5. The van der Waals surface area contributed by atoms with E-state index in [-0.39, 0.29) is 5.91 Å². The minimum Gasteiger partial charge on any atom is -0.359 e. The Morgan fingerprint density at radius 2 is 2.00 bits per heavy atom. The highest BCUT2D eigenvalue weighted by molar-refractivity contribution is 5.75. The van der Waals surface area contributed by atoms with Gasteiger partial charge in [0.25, 0.3) is 0 Å². The molecule has 1 saturated heterocycles. The lowest BCUT2D eigenvalue weighted by Crippen LogP contribution is -2.41. The van der Waals surface area contributed by atoms with Gasteiger partial charge in [0.2, 0.25) is 5.91 Å². The van der Waals surface area contributed by atoms with Gasteiger partial charge < -0.3 is 15.5 Å². The molecule has 0 radical (unpaired) electrons. The third-order valence-electron chi connectivity index (χ3n) is 3.95. The van der Waals surface area contributed by atoms with Crippen LogP contribution in [0.5, 0.6) is 0 Å². The normalized spacial score (nSPS) is 20.2. The lowest BCUT2D eigenvalue weighted by molar-refractivity contribution is -0.120. The topological polar surface area (TPSA) is 44.4 Å². The number of likely N-dealkylation sites (tertiary alicyclic amines) is 1. The second-order valence-electron chi connectivity index (χ2n) is 5.03. The van der Waals surface area contributed by atoms with E-state index in [1.54, 1.807) is 7.05 Å². The zero-order valence-corrected chi connectivity index (χ0v) is 11.5. The van der Waals surface area contributed by atoms with Gasteiger partial charge in [0.15, 0.2) is 0 Å². The van der Waals surface area contributed by atoms with Gasteiger partial charge in [-0.15, -0.1) is 0 Å². The van der Waals surface area contributed by atoms with Crippen LogP contribution in [0.3, 0.4) is 0 Å². The Hall–Kier alpha value is -0.610. The van der Waals surface area contributed by atoms with Crippen LogP contribution < -0.4 is 10.6 Å². The van der Waals surface area contributed by atoms with E-state index in [4.69, 9.17) is 0 Å². The lowest BCUT2D eigenvalue weighted by atomic mass is 9.90. The van der Waals surface area contributed by atoms with Crippen molar-refractivity contribution in [2.75, 3.05) is 33.7 Å². The largest absolute Gasteiger partial charge is 0.359 e. The molecule has 0 aromatic heterocycles. The summed E-state index contributed by atoms with van der Waals surface area (Å²) in [6, 6.07) is 0.628. The Kier molecular flexibility index (Phi) is 6.52. The van der Waals surface area contributed by atoms with E-state index in [0.29, 0.717) is 12.5 Å². The molecule has 1 amide bonds. The van der Waals surface area contributed by atoms with E-state index in [1.165, 1.54) is 25.9 Å². The molecule has 2 N–H and O–H groups in total. The number of amides is 1. The lowest BCUT2D eigenvalue weighted by Gasteiger charge is -2.34. The van der Waals surface area contributed by atoms with E-state index in [1.807, 2.05) is 7.05 Å². The molecule has 17 heavy (non-hydrogen) atoms. The average Bonchev–Trinajstić information content (AvgIpc) is 2.38. The molecular weight excluding hydrogens is 214 g/mol. The zero-order chi connectivity index (χ0) is 12.7. The maximum Gasteiger partial charge on any atom is 0.219 e. The summed E-state index contributed by atoms with van der Waals surface area (Å²) in [5.74, 6) is 0.971. The third-order valence-corrected chi connectivity index (χ3v) is 3.95. The molecule has 0 spiro atoms. The van der Waals surface area contributed by atoms with Gasteiger partial charge in [-0.05, 0) is 58.8 Å². The van der Waals surface area contributed by atoms with E-state index in [0.717, 1.165) is 18.9 Å². The van der Waals surface area contributed by atoms with Crippen molar-refractivity contribution in [2.45, 2.75) is 38.6 Å². The standard InChI is InChI=1S/C13H27N3O/c1-11(14-2)12-6-9-16(10-7-12)8-4-5-13(17)15-3/h11-12,14H,4-10H2,1-3H3,(H,15,17). The summed E-state index contributed by atoms with van der Waals surface area (Å²) in [6.07, 6.45) is 4.19. The number of piperidine rings is 1. The van der Waals surface area contributed by atoms with Crippen LogP contribution in [0.4, 0.5) is 0 Å². The quantitative estimate of drug-likeness (QED) is 0.724. The molecule has 0 bridgehead atoms. The molecule has 1 rings (SSSR count). The minimum atomic E-state index is 0.156. The van der Waals surface area contributed by atoms with Crippen molar-refractivity contribution in [3.63, 3.8) is 0 Å². The molecule has 1 aliphatic heterocycles. The van der Waals surface area contributed by atoms with Gasteiger partial charge in [0.05, 0.1) is 0 Å². The average molecular weight is 241 g/mol. The summed E-state index contributed by atoms with van der Waals surface area (Å²) in [7, 11) is 3.74. The van der Waals surface area contributed by atoms with E-state index >= 15 is 0 Å². The van der Waals surface area contributed by atoms with Crippen LogP contribution in [-0.2, 0) is 4.79 Å². The molecule has 4 heteroatoms. The highest BCUT2D eigenvalue weighted by Gasteiger charge is 2.22. The SMILES string of the molecule is CNC(=O)CCCN1CCC(C(C)NC)CC1. The molecule has 1 unspecified atom stereocenters. The molecule has 0 aliphatic carbocycles. The Labute approximate surface area is 105 Å². The van der Waals surface area contributed by atoms with Crippen molar-refractivity contribution in [3.05, 3.63) is 0 Å². The number of hydrogen-bond donors (Lipinski definition) is 2. The van der Waals surface area contributed by atoms with Crippen LogP contribution in [0.15, 0.2) is 0 Å². The predicted octanol–water partition coefficient (Wildman–Crippen LogP) is 0.833. The number of hydrogen-bond acceptors (Lipinski definition) is 3. The molecule has 1 heterocycles. The summed E-state index contributed by atoms with van der Waals surface area (Å²) < 4.78 is 0. The van der Waals surface area contributed by atoms with E-state index < -0.39 is 0 Å². The monoisotopic (exact) mass is 241 g/mol. The molecule has 0 aromatic carbocycles. The van der Waals surface area contributed by atoms with Gasteiger partial charge in [-0.2, -0.15) is 0 Å². The summed E-state index contributed by atoms with van der Waals surface area (Å²) in [6.45, 7) is 5.70. The second-order valence-corrected chi connectivity index (χ2v) is 5.03. The van der Waals surface area contributed by atoms with Crippen molar-refractivity contribution in [1.82, 2.24) is 15.5 Å². The molecule has 1 fully saturated rings. The minimum absolute atomic E-state index is 0.156. The Bertz CT molecular complexity index is 225. The van der Waals surface area contributed by atoms with Gasteiger partial charge in [-0.25, -0.2) is 0 Å². The zero-order valence-electron chi connectivity index (χ0n) is 11.5. The molecule has 1 aliphatic rings. The maximum absolute atomic E-state index is 11.1. The Morgan fingerprint density at radius 3 is 2.53 bits per heavy atom. The van der Waals surface area contributed by atoms with Crippen LogP contribution in [-0.4, -0.2) is 50.6 Å². The van der Waals surface area contributed by atoms with Crippen LogP contribution in [0.1, 0.15) is 32.6 Å². The molecule has 4 nitrogen and oxygen atoms in total. The number of carbonyl (C=O) groups excluding carboxylic acids is 1. The van der Waals surface area contributed by atoms with E-state index in [9.17, 15) is 4.79 Å². The molecule has 0 aromatic rings. The fraction of sp³-hybridized carbons (Fsp3) is 0.923. The van der Waals surface area contributed by atoms with Crippen molar-refractivity contribution in [2.24, 2.45) is 5.92 Å². The van der Waals surface area contributed by atoms with Crippen LogP contribution >= 0.6 is 0 Å². The van der Waals surface area contributed by atoms with Gasteiger partial charge in [-0.3, -0.25) is 4.79 Å². The first-order valence-electron chi connectivity index (χ1n) is 6.77. The van der Waals surface area contributed by atoms with E-state index in [2.05, 4.69) is 22.5 Å². The number of carbonyl (C=O) groups is 1. The maximum atomic E-state index is 11.1. The molecule has 0 saturated carbocycles. The van der Waals surface area contributed by atoms with Gasteiger partial charge in [-0.1, -0.05) is 0 Å². The first-order chi connectivity index (χ1) is 8.17. The van der Waals surface area contributed by atoms with Crippen LogP contribution in [0.2, 0.25) is 0 Å². The Morgan fingerprint density at radius 1 is 1.35 bits per heavy atom. The summed E-state index contributed by atoms with van der Waals surface area (Å²) >= 11 is 0. The highest BCUT2D eigenvalue weighted by Crippen LogP contribution is 2.20. The summed E-state index contributed by atoms with van der Waals surface area (Å²) in [5, 5.41) is 6.01. The van der Waals surface area contributed by atoms with Gasteiger partial charge in [0.1, 0.15) is 0 Å². The smallest absolute Gasteiger partial charge is 0.219 e. The Balaban J connectivity index is 2.13. The third kappa shape index (κ3) is 5.04. The van der Waals surface area contributed by atoms with Crippen molar-refractivity contribution < 1.29 is 4.79 Å². The van der Waals surface area contributed by atoms with Crippen molar-refractivity contribution in [3.8, 4) is 0 Å². The highest BCUT2D eigenvalue weighted by atomic mass is 16.1. The summed E-state index contributed by atoms with van der Waals surface area (Å²) in [4.78, 5) is 13.6. The number of nitrogens with zero attached hydrogens (tertiary/aromatic N) is 1. The molecule has 100 valence electrons. The first-order valence-corrected chi connectivity index (χ1v) is 6.77. The fourth-order valence-electron chi connectivity index (χ4n) is 2.50. The number of rotatable bonds is 6. The molecule has 1 atom stereocenters. The van der Waals surface area contributed by atoms with Gasteiger partial charge >= 0.3 is 0 Å². The van der Waals surface area contributed by atoms with Gasteiger partial charge in [0, 0.05) is 19.5 Å². The van der Waals surface area contributed by atoms with Crippen LogP contribution in [0.25, 0.3) is 0 Å². The number of nitrogens with one attached hydrogen (secondary N) is 2. The van der Waals surface area contributed by atoms with Crippen molar-refractivity contribution >= 4 is 5.91 Å². The van der Waals surface area contributed by atoms with Crippen molar-refractivity contribution in [1.29, 1.82) is 0 Å². The van der Waals surface area contributed by atoms with Crippen LogP contribution in [0, 0.1) is 5.92 Å². The predicted molar refractivity (Wildman–Crippen MR) is 71.0 cm³/mol. The fourth-order valence-corrected chi connectivity index (χ4v) is 2.50. The summed E-state index contributed by atoms with van der Waals surface area (Å²) in [5.41, 5.74) is 0. The second kappa shape index (κ2) is 7.67.